The molecule has 0 aliphatic carbocycles. The van der Waals surface area contributed by atoms with Gasteiger partial charge in [0.25, 0.3) is 0 Å². The summed E-state index contributed by atoms with van der Waals surface area (Å²) in [5.74, 6) is 1.53. The van der Waals surface area contributed by atoms with Crippen molar-refractivity contribution < 1.29 is 14.6 Å². The number of fused-ring (bicyclic) bond motifs is 1. The number of rotatable bonds is 3. The van der Waals surface area contributed by atoms with Crippen LogP contribution in [0.4, 0.5) is 0 Å². The molecule has 1 aliphatic rings. The topological polar surface area (TPSA) is 64.7 Å². The van der Waals surface area contributed by atoms with E-state index in [0.717, 1.165) is 23.3 Å². The van der Waals surface area contributed by atoms with Crippen LogP contribution in [0.25, 0.3) is 0 Å². The van der Waals surface area contributed by atoms with Gasteiger partial charge in [-0.05, 0) is 18.6 Å². The van der Waals surface area contributed by atoms with Crippen LogP contribution in [0.3, 0.4) is 0 Å². The highest BCUT2D eigenvalue weighted by Gasteiger charge is 2.23. The first-order valence-corrected chi connectivity index (χ1v) is 5.39. The van der Waals surface area contributed by atoms with Crippen LogP contribution in [0, 0.1) is 0 Å². The summed E-state index contributed by atoms with van der Waals surface area (Å²) in [5, 5.41) is 9.10. The van der Waals surface area contributed by atoms with E-state index in [9.17, 15) is 0 Å². The molecule has 2 unspecified atom stereocenters. The predicted octanol–water partition coefficient (Wildman–Crippen LogP) is 1.01. The van der Waals surface area contributed by atoms with Crippen LogP contribution >= 0.6 is 0 Å². The average molecular weight is 223 g/mol. The molecular weight excluding hydrogens is 206 g/mol. The highest BCUT2D eigenvalue weighted by molar-refractivity contribution is 5.49. The number of aliphatic hydroxyl groups is 1. The van der Waals surface area contributed by atoms with Gasteiger partial charge in [-0.1, -0.05) is 0 Å². The fraction of sp³-hybridized carbons (Fsp3) is 0.500. The van der Waals surface area contributed by atoms with Crippen LogP contribution < -0.4 is 15.2 Å². The Labute approximate surface area is 95.0 Å². The van der Waals surface area contributed by atoms with E-state index in [2.05, 4.69) is 0 Å². The van der Waals surface area contributed by atoms with E-state index in [1.54, 1.807) is 7.11 Å². The number of nitrogens with two attached hydrogens (primary N) is 1. The zero-order valence-corrected chi connectivity index (χ0v) is 9.56. The van der Waals surface area contributed by atoms with Gasteiger partial charge in [0.1, 0.15) is 17.6 Å². The summed E-state index contributed by atoms with van der Waals surface area (Å²) >= 11 is 0. The van der Waals surface area contributed by atoms with Crippen molar-refractivity contribution in [2.75, 3.05) is 13.7 Å². The Morgan fingerprint density at radius 2 is 2.38 bits per heavy atom. The molecule has 1 heterocycles. The summed E-state index contributed by atoms with van der Waals surface area (Å²) in [4.78, 5) is 0. The Hall–Kier alpha value is -1.26. The van der Waals surface area contributed by atoms with E-state index in [1.807, 2.05) is 19.1 Å². The van der Waals surface area contributed by atoms with Gasteiger partial charge in [0.15, 0.2) is 0 Å². The summed E-state index contributed by atoms with van der Waals surface area (Å²) in [6.07, 6.45) is 1.07. The van der Waals surface area contributed by atoms with Gasteiger partial charge in [-0.25, -0.2) is 0 Å². The number of aliphatic hydroxyl groups excluding tert-OH is 1. The van der Waals surface area contributed by atoms with Crippen molar-refractivity contribution >= 4 is 0 Å². The molecule has 2 rings (SSSR count). The molecule has 0 saturated heterocycles. The molecule has 1 aliphatic heterocycles. The predicted molar refractivity (Wildman–Crippen MR) is 60.8 cm³/mol. The fourth-order valence-corrected chi connectivity index (χ4v) is 2.03. The Morgan fingerprint density at radius 3 is 3.00 bits per heavy atom. The van der Waals surface area contributed by atoms with E-state index in [4.69, 9.17) is 20.3 Å². The van der Waals surface area contributed by atoms with Crippen LogP contribution in [-0.2, 0) is 6.42 Å². The molecule has 3 N–H and O–H groups in total. The van der Waals surface area contributed by atoms with Gasteiger partial charge in [-0.15, -0.1) is 0 Å². The summed E-state index contributed by atoms with van der Waals surface area (Å²) in [7, 11) is 1.59. The van der Waals surface area contributed by atoms with Crippen molar-refractivity contribution in [3.63, 3.8) is 0 Å². The maximum absolute atomic E-state index is 9.10. The van der Waals surface area contributed by atoms with E-state index in [0.29, 0.717) is 5.75 Å². The Kier molecular flexibility index (Phi) is 3.03. The first kappa shape index (κ1) is 11.2. The lowest BCUT2D eigenvalue weighted by Crippen LogP contribution is -2.15. The van der Waals surface area contributed by atoms with Gasteiger partial charge in [0.2, 0.25) is 0 Å². The molecule has 0 bridgehead atoms. The van der Waals surface area contributed by atoms with Gasteiger partial charge in [-0.3, -0.25) is 0 Å². The van der Waals surface area contributed by atoms with E-state index in [1.165, 1.54) is 0 Å². The molecule has 88 valence electrons. The lowest BCUT2D eigenvalue weighted by molar-refractivity contribution is 0.253. The Bertz CT molecular complexity index is 392. The van der Waals surface area contributed by atoms with Crippen molar-refractivity contribution in [2.24, 2.45) is 5.73 Å². The molecule has 4 nitrogen and oxygen atoms in total. The summed E-state index contributed by atoms with van der Waals surface area (Å²) in [5.41, 5.74) is 7.79. The van der Waals surface area contributed by atoms with Gasteiger partial charge >= 0.3 is 0 Å². The second kappa shape index (κ2) is 4.31. The van der Waals surface area contributed by atoms with Crippen molar-refractivity contribution in [1.82, 2.24) is 0 Å². The minimum atomic E-state index is -0.406. The van der Waals surface area contributed by atoms with Crippen molar-refractivity contribution in [1.29, 1.82) is 0 Å². The quantitative estimate of drug-likeness (QED) is 0.802. The molecule has 1 aromatic carbocycles. The minimum absolute atomic E-state index is 0.0917. The maximum atomic E-state index is 9.10. The third-order valence-corrected chi connectivity index (χ3v) is 2.84. The van der Waals surface area contributed by atoms with Gasteiger partial charge < -0.3 is 20.3 Å². The van der Waals surface area contributed by atoms with Crippen LogP contribution in [0.1, 0.15) is 24.1 Å². The van der Waals surface area contributed by atoms with Gasteiger partial charge in [-0.2, -0.15) is 0 Å². The number of hydrogen-bond acceptors (Lipinski definition) is 4. The first-order valence-electron chi connectivity index (χ1n) is 5.39. The van der Waals surface area contributed by atoms with Crippen molar-refractivity contribution in [2.45, 2.75) is 25.5 Å². The monoisotopic (exact) mass is 223 g/mol. The zero-order valence-electron chi connectivity index (χ0n) is 9.56. The maximum Gasteiger partial charge on any atom is 0.127 e. The highest BCUT2D eigenvalue weighted by atomic mass is 16.5. The zero-order chi connectivity index (χ0) is 11.7. The van der Waals surface area contributed by atoms with Crippen LogP contribution in [-0.4, -0.2) is 24.9 Å². The van der Waals surface area contributed by atoms with Gasteiger partial charge in [0.05, 0.1) is 19.8 Å². The Morgan fingerprint density at radius 1 is 1.62 bits per heavy atom. The number of methoxy groups -OCH3 is 1. The summed E-state index contributed by atoms with van der Waals surface area (Å²) in [6.45, 7) is 1.93. The molecular formula is C12H17NO3. The molecule has 0 fully saturated rings. The normalized spacial score (nSPS) is 20.1. The van der Waals surface area contributed by atoms with Crippen LogP contribution in [0.15, 0.2) is 12.1 Å². The summed E-state index contributed by atoms with van der Waals surface area (Å²) in [6, 6.07) is 3.42. The van der Waals surface area contributed by atoms with Crippen LogP contribution in [0.5, 0.6) is 11.5 Å². The SMILES string of the molecule is COc1cc2c(cc1C(N)CO)CC(C)O2. The second-order valence-electron chi connectivity index (χ2n) is 4.12. The molecule has 0 amide bonds. The Balaban J connectivity index is 2.42. The molecule has 0 aromatic heterocycles. The van der Waals surface area contributed by atoms with E-state index < -0.39 is 6.04 Å². The molecule has 2 atom stereocenters. The largest absolute Gasteiger partial charge is 0.496 e. The van der Waals surface area contributed by atoms with Gasteiger partial charge in [0, 0.05) is 18.1 Å². The third kappa shape index (κ3) is 1.86. The number of ether oxygens (including phenoxy) is 2. The molecule has 1 aromatic rings. The summed E-state index contributed by atoms with van der Waals surface area (Å²) < 4.78 is 10.9. The number of hydrogen-bond donors (Lipinski definition) is 2. The molecule has 0 saturated carbocycles. The second-order valence-corrected chi connectivity index (χ2v) is 4.12. The molecule has 16 heavy (non-hydrogen) atoms. The van der Waals surface area contributed by atoms with Crippen LogP contribution in [0.2, 0.25) is 0 Å². The van der Waals surface area contributed by atoms with Crippen molar-refractivity contribution in [3.8, 4) is 11.5 Å². The highest BCUT2D eigenvalue weighted by Crippen LogP contribution is 2.36. The molecule has 4 heteroatoms. The van der Waals surface area contributed by atoms with E-state index in [-0.39, 0.29) is 12.7 Å². The number of benzene rings is 1. The standard InChI is InChI=1S/C12H17NO3/c1-7-3-8-4-9(10(13)6-14)12(15-2)5-11(8)16-7/h4-5,7,10,14H,3,6,13H2,1-2H3. The van der Waals surface area contributed by atoms with E-state index >= 15 is 0 Å². The fourth-order valence-electron chi connectivity index (χ4n) is 2.03. The minimum Gasteiger partial charge on any atom is -0.496 e. The molecule has 0 spiro atoms. The lowest BCUT2D eigenvalue weighted by atomic mass is 10.0. The molecule has 0 radical (unpaired) electrons. The third-order valence-electron chi connectivity index (χ3n) is 2.84. The average Bonchev–Trinajstić information content (AvgIpc) is 2.65. The lowest BCUT2D eigenvalue weighted by Gasteiger charge is -2.15. The smallest absolute Gasteiger partial charge is 0.127 e. The first-order chi connectivity index (χ1) is 7.65. The van der Waals surface area contributed by atoms with Crippen molar-refractivity contribution in [3.05, 3.63) is 23.3 Å².